The molecule has 1 aromatic carbocycles. The minimum Gasteiger partial charge on any atom is -0.478 e. The number of carbonyl (C=O) groups excluding carboxylic acids is 2. The van der Waals surface area contributed by atoms with Crippen molar-refractivity contribution in [3.63, 3.8) is 0 Å². The number of rotatable bonds is 3. The van der Waals surface area contributed by atoms with Crippen LogP contribution in [0.15, 0.2) is 30.7 Å². The number of nitrogens with one attached hydrogen (secondary N) is 2. The predicted octanol–water partition coefficient (Wildman–Crippen LogP) is 1.36. The van der Waals surface area contributed by atoms with E-state index in [0.717, 1.165) is 0 Å². The Kier molecular flexibility index (Phi) is 3.04. The van der Waals surface area contributed by atoms with Gasteiger partial charge < -0.3 is 10.4 Å². The van der Waals surface area contributed by atoms with Crippen molar-refractivity contribution in [2.45, 2.75) is 6.92 Å². The quantitative estimate of drug-likeness (QED) is 0.616. The van der Waals surface area contributed by atoms with Crippen LogP contribution in [0.4, 0.5) is 11.5 Å². The Morgan fingerprint density at radius 2 is 2.00 bits per heavy atom. The fourth-order valence-corrected chi connectivity index (χ4v) is 2.85. The first-order valence-electron chi connectivity index (χ1n) is 7.28. The summed E-state index contributed by atoms with van der Waals surface area (Å²) in [5.41, 5.74) is 2.29. The molecular formula is C16H11N5O4. The molecule has 0 bridgehead atoms. The highest BCUT2D eigenvalue weighted by molar-refractivity contribution is 6.21. The van der Waals surface area contributed by atoms with Gasteiger partial charge in [0.25, 0.3) is 11.8 Å². The van der Waals surface area contributed by atoms with Crippen molar-refractivity contribution in [1.29, 1.82) is 0 Å². The Morgan fingerprint density at radius 3 is 2.76 bits per heavy atom. The Balaban J connectivity index is 1.79. The van der Waals surface area contributed by atoms with Gasteiger partial charge in [0.15, 0.2) is 5.82 Å². The lowest BCUT2D eigenvalue weighted by molar-refractivity contribution is 0.0695. The second-order valence-electron chi connectivity index (χ2n) is 5.54. The molecule has 0 radical (unpaired) electrons. The van der Waals surface area contributed by atoms with Crippen LogP contribution >= 0.6 is 0 Å². The third-order valence-corrected chi connectivity index (χ3v) is 4.06. The minimum atomic E-state index is -1.05. The van der Waals surface area contributed by atoms with E-state index in [1.165, 1.54) is 17.0 Å². The number of fused-ring (bicyclic) bond motifs is 2. The molecular weight excluding hydrogens is 326 g/mol. The van der Waals surface area contributed by atoms with Gasteiger partial charge >= 0.3 is 5.97 Å². The van der Waals surface area contributed by atoms with Crippen molar-refractivity contribution < 1.29 is 19.5 Å². The summed E-state index contributed by atoms with van der Waals surface area (Å²) < 4.78 is 1.43. The molecule has 0 fully saturated rings. The third kappa shape index (κ3) is 2.21. The van der Waals surface area contributed by atoms with Gasteiger partial charge in [0.1, 0.15) is 11.8 Å². The Hall–Kier alpha value is -3.75. The lowest BCUT2D eigenvalue weighted by atomic mass is 10.1. The highest BCUT2D eigenvalue weighted by atomic mass is 16.4. The zero-order chi connectivity index (χ0) is 17.7. The summed E-state index contributed by atoms with van der Waals surface area (Å²) in [7, 11) is 0. The molecule has 0 saturated heterocycles. The summed E-state index contributed by atoms with van der Waals surface area (Å²) in [5.74, 6) is -1.54. The molecule has 2 amide bonds. The van der Waals surface area contributed by atoms with Crippen molar-refractivity contribution in [2.24, 2.45) is 0 Å². The molecule has 9 heteroatoms. The summed E-state index contributed by atoms with van der Waals surface area (Å²) in [6.45, 7) is 1.67. The predicted molar refractivity (Wildman–Crippen MR) is 86.2 cm³/mol. The molecule has 0 spiro atoms. The minimum absolute atomic E-state index is 0.127. The van der Waals surface area contributed by atoms with Crippen molar-refractivity contribution in [2.75, 3.05) is 5.32 Å². The molecule has 3 aromatic rings. The zero-order valence-electron chi connectivity index (χ0n) is 12.9. The van der Waals surface area contributed by atoms with E-state index < -0.39 is 17.8 Å². The fraction of sp³-hybridized carbons (Fsp3) is 0.0625. The number of imide groups is 1. The van der Waals surface area contributed by atoms with Crippen LogP contribution in [0.25, 0.3) is 5.52 Å². The first kappa shape index (κ1) is 14.8. The normalized spacial score (nSPS) is 13.0. The lowest BCUT2D eigenvalue weighted by Crippen LogP contribution is -2.19. The number of aromatic carboxylic acids is 1. The molecule has 0 saturated carbocycles. The summed E-state index contributed by atoms with van der Waals surface area (Å²) in [4.78, 5) is 38.8. The molecule has 1 aliphatic heterocycles. The molecule has 4 rings (SSSR count). The highest BCUT2D eigenvalue weighted by Gasteiger charge is 2.27. The number of nitrogens with zero attached hydrogens (tertiary/aromatic N) is 3. The van der Waals surface area contributed by atoms with Crippen LogP contribution in [0, 0.1) is 6.92 Å². The van der Waals surface area contributed by atoms with Crippen LogP contribution in [0.3, 0.4) is 0 Å². The second-order valence-corrected chi connectivity index (χ2v) is 5.54. The van der Waals surface area contributed by atoms with Gasteiger partial charge in [-0.2, -0.15) is 5.10 Å². The van der Waals surface area contributed by atoms with Gasteiger partial charge in [-0.05, 0) is 30.7 Å². The maximum absolute atomic E-state index is 11.8. The molecule has 25 heavy (non-hydrogen) atoms. The number of carboxylic acid groups (broad SMARTS) is 1. The van der Waals surface area contributed by atoms with Crippen LogP contribution in [0.1, 0.15) is 36.6 Å². The number of hydrogen-bond donors (Lipinski definition) is 3. The van der Waals surface area contributed by atoms with Crippen LogP contribution in [-0.2, 0) is 0 Å². The average molecular weight is 337 g/mol. The largest absolute Gasteiger partial charge is 0.478 e. The van der Waals surface area contributed by atoms with Gasteiger partial charge in [-0.3, -0.25) is 14.9 Å². The first-order valence-corrected chi connectivity index (χ1v) is 7.28. The molecule has 1 aliphatic rings. The van der Waals surface area contributed by atoms with Crippen molar-refractivity contribution in [3.05, 3.63) is 53.0 Å². The lowest BCUT2D eigenvalue weighted by Gasteiger charge is -2.08. The van der Waals surface area contributed by atoms with Crippen molar-refractivity contribution in [3.8, 4) is 0 Å². The van der Waals surface area contributed by atoms with Gasteiger partial charge in [0, 0.05) is 11.9 Å². The maximum atomic E-state index is 11.8. The van der Waals surface area contributed by atoms with Gasteiger partial charge in [-0.15, -0.1) is 0 Å². The van der Waals surface area contributed by atoms with Gasteiger partial charge in [-0.1, -0.05) is 0 Å². The topological polar surface area (TPSA) is 126 Å². The Morgan fingerprint density at radius 1 is 1.24 bits per heavy atom. The van der Waals surface area contributed by atoms with E-state index in [1.807, 2.05) is 0 Å². The number of carbonyl (C=O) groups is 3. The summed E-state index contributed by atoms with van der Waals surface area (Å²) in [6.07, 6.45) is 2.71. The molecule has 2 aromatic heterocycles. The molecule has 0 atom stereocenters. The monoisotopic (exact) mass is 337 g/mol. The molecule has 0 unspecified atom stereocenters. The summed E-state index contributed by atoms with van der Waals surface area (Å²) in [5, 5.41) is 18.5. The molecule has 3 heterocycles. The van der Waals surface area contributed by atoms with Crippen LogP contribution in [0.2, 0.25) is 0 Å². The number of anilines is 2. The maximum Gasteiger partial charge on any atom is 0.337 e. The number of benzene rings is 1. The third-order valence-electron chi connectivity index (χ3n) is 4.06. The Bertz CT molecular complexity index is 1090. The Labute approximate surface area is 140 Å². The number of aromatic nitrogens is 3. The number of hydrogen-bond acceptors (Lipinski definition) is 6. The van der Waals surface area contributed by atoms with Crippen molar-refractivity contribution in [1.82, 2.24) is 19.9 Å². The van der Waals surface area contributed by atoms with Crippen LogP contribution in [-0.4, -0.2) is 37.5 Å². The van der Waals surface area contributed by atoms with E-state index in [1.54, 1.807) is 25.1 Å². The summed E-state index contributed by atoms with van der Waals surface area (Å²) >= 11 is 0. The standard InChI is InChI=1S/C16H11N5O4/c1-7-11(16(24)25)5-21-12(7)13(17-6-18-21)19-8-2-3-9-10(4-8)15(23)20-14(9)22/h2-6H,1H3,(H,24,25)(H,17,18,19)(H,20,22,23). The highest BCUT2D eigenvalue weighted by Crippen LogP contribution is 2.27. The SMILES string of the molecule is Cc1c(C(=O)O)cn2ncnc(Nc3ccc4c(c3)C(=O)NC4=O)c12. The van der Waals surface area contributed by atoms with Crippen LogP contribution in [0.5, 0.6) is 0 Å². The van der Waals surface area contributed by atoms with E-state index in [-0.39, 0.29) is 11.1 Å². The second kappa shape index (κ2) is 5.13. The van der Waals surface area contributed by atoms with Crippen LogP contribution < -0.4 is 10.6 Å². The average Bonchev–Trinajstić information content (AvgIpc) is 3.06. The van der Waals surface area contributed by atoms with E-state index in [0.29, 0.717) is 28.1 Å². The van der Waals surface area contributed by atoms with E-state index in [9.17, 15) is 19.5 Å². The van der Waals surface area contributed by atoms with E-state index >= 15 is 0 Å². The number of amides is 2. The number of carboxylic acids is 1. The smallest absolute Gasteiger partial charge is 0.337 e. The fourth-order valence-electron chi connectivity index (χ4n) is 2.85. The van der Waals surface area contributed by atoms with Crippen molar-refractivity contribution >= 4 is 34.8 Å². The first-order chi connectivity index (χ1) is 12.0. The number of aryl methyl sites for hydroxylation is 1. The molecule has 9 nitrogen and oxygen atoms in total. The van der Waals surface area contributed by atoms with Gasteiger partial charge in [-0.25, -0.2) is 14.3 Å². The molecule has 0 aliphatic carbocycles. The van der Waals surface area contributed by atoms with Gasteiger partial charge in [0.2, 0.25) is 0 Å². The summed E-state index contributed by atoms with van der Waals surface area (Å²) in [6, 6.07) is 4.74. The molecule has 124 valence electrons. The van der Waals surface area contributed by atoms with Gasteiger partial charge in [0.05, 0.1) is 16.7 Å². The molecule has 3 N–H and O–H groups in total. The van der Waals surface area contributed by atoms with E-state index in [4.69, 9.17) is 0 Å². The zero-order valence-corrected chi connectivity index (χ0v) is 12.9. The van der Waals surface area contributed by atoms with E-state index in [2.05, 4.69) is 20.7 Å².